The van der Waals surface area contributed by atoms with Crippen LogP contribution in [-0.4, -0.2) is 36.0 Å². The van der Waals surface area contributed by atoms with Gasteiger partial charge in [0.15, 0.2) is 6.10 Å². The van der Waals surface area contributed by atoms with Crippen molar-refractivity contribution in [3.8, 4) is 0 Å². The lowest BCUT2D eigenvalue weighted by Gasteiger charge is -2.23. The van der Waals surface area contributed by atoms with E-state index in [1.165, 1.54) is 11.3 Å². The van der Waals surface area contributed by atoms with Crippen molar-refractivity contribution in [2.75, 3.05) is 18.8 Å². The summed E-state index contributed by atoms with van der Waals surface area (Å²) in [5.74, 6) is -0.582. The number of aryl methyl sites for hydroxylation is 1. The maximum atomic E-state index is 12.3. The van der Waals surface area contributed by atoms with E-state index in [1.54, 1.807) is 17.9 Å². The minimum absolute atomic E-state index is 0.105. The molecule has 2 rings (SSSR count). The lowest BCUT2D eigenvalue weighted by atomic mass is 10.2. The summed E-state index contributed by atoms with van der Waals surface area (Å²) in [7, 11) is 0. The Kier molecular flexibility index (Phi) is 5.22. The first-order chi connectivity index (χ1) is 9.99. The minimum atomic E-state index is -0.751. The van der Waals surface area contributed by atoms with Gasteiger partial charge >= 0.3 is 5.97 Å². The smallest absolute Gasteiger partial charge is 0.349 e. The summed E-state index contributed by atoms with van der Waals surface area (Å²) in [5, 5.41) is 0. The molecular formula is C15H22N2O3S. The van der Waals surface area contributed by atoms with Crippen LogP contribution in [0.2, 0.25) is 0 Å². The number of rotatable bonds is 3. The number of anilines is 1. The largest absolute Gasteiger partial charge is 0.448 e. The molecule has 1 aromatic rings. The van der Waals surface area contributed by atoms with Gasteiger partial charge in [-0.05, 0) is 32.8 Å². The average molecular weight is 310 g/mol. The van der Waals surface area contributed by atoms with Crippen molar-refractivity contribution in [1.82, 2.24) is 4.90 Å². The first-order valence-electron chi connectivity index (χ1n) is 7.34. The third-order valence-electron chi connectivity index (χ3n) is 3.71. The van der Waals surface area contributed by atoms with Gasteiger partial charge in [-0.3, -0.25) is 4.79 Å². The Labute approximate surface area is 129 Å². The number of hydrogen-bond acceptors (Lipinski definition) is 5. The third-order valence-corrected chi connectivity index (χ3v) is 4.75. The topological polar surface area (TPSA) is 72.6 Å². The van der Waals surface area contributed by atoms with E-state index in [1.807, 2.05) is 6.92 Å². The Hall–Kier alpha value is -1.56. The first-order valence-corrected chi connectivity index (χ1v) is 8.16. The predicted octanol–water partition coefficient (Wildman–Crippen LogP) is 2.59. The molecule has 0 radical (unpaired) electrons. The Balaban J connectivity index is 1.94. The third kappa shape index (κ3) is 3.97. The number of esters is 1. The molecule has 2 N–H and O–H groups in total. The van der Waals surface area contributed by atoms with E-state index in [9.17, 15) is 9.59 Å². The van der Waals surface area contributed by atoms with Gasteiger partial charge in [0.25, 0.3) is 5.91 Å². The molecule has 1 atom stereocenters. The van der Waals surface area contributed by atoms with Gasteiger partial charge in [-0.2, -0.15) is 0 Å². The second kappa shape index (κ2) is 6.93. The second-order valence-corrected chi connectivity index (χ2v) is 6.67. The molecule has 1 fully saturated rings. The summed E-state index contributed by atoms with van der Waals surface area (Å²) < 4.78 is 5.29. The maximum absolute atomic E-state index is 12.3. The lowest BCUT2D eigenvalue weighted by molar-refractivity contribution is -0.139. The van der Waals surface area contributed by atoms with Gasteiger partial charge < -0.3 is 15.4 Å². The minimum Gasteiger partial charge on any atom is -0.448 e. The number of hydrogen-bond donors (Lipinski definition) is 1. The monoisotopic (exact) mass is 310 g/mol. The summed E-state index contributed by atoms with van der Waals surface area (Å²) in [6, 6.07) is 1.60. The summed E-state index contributed by atoms with van der Waals surface area (Å²) >= 11 is 1.29. The van der Waals surface area contributed by atoms with Crippen LogP contribution in [0.25, 0.3) is 0 Å². The zero-order valence-electron chi connectivity index (χ0n) is 12.6. The molecular weight excluding hydrogens is 288 g/mol. The summed E-state index contributed by atoms with van der Waals surface area (Å²) in [5.41, 5.74) is 6.31. The predicted molar refractivity (Wildman–Crippen MR) is 83.4 cm³/mol. The molecule has 0 aliphatic carbocycles. The molecule has 0 aromatic carbocycles. The van der Waals surface area contributed by atoms with Crippen molar-refractivity contribution in [2.24, 2.45) is 0 Å². The van der Waals surface area contributed by atoms with Crippen LogP contribution in [0.5, 0.6) is 0 Å². The Bertz CT molecular complexity index is 499. The van der Waals surface area contributed by atoms with Crippen molar-refractivity contribution < 1.29 is 14.3 Å². The number of nitrogen functional groups attached to an aromatic ring is 1. The van der Waals surface area contributed by atoms with Crippen molar-refractivity contribution >= 4 is 28.9 Å². The number of amides is 1. The standard InChI is InChI=1S/C15H22N2O3S/c1-10(14(18)17-7-5-3-4-6-8-17)20-15(19)13-9-12(16)11(2)21-13/h9-10H,3-8,16H2,1-2H3. The van der Waals surface area contributed by atoms with Gasteiger partial charge in [-0.15, -0.1) is 11.3 Å². The van der Waals surface area contributed by atoms with Crippen LogP contribution in [-0.2, 0) is 9.53 Å². The molecule has 1 aliphatic heterocycles. The highest BCUT2D eigenvalue weighted by atomic mass is 32.1. The highest BCUT2D eigenvalue weighted by molar-refractivity contribution is 7.14. The van der Waals surface area contributed by atoms with Crippen LogP contribution < -0.4 is 5.73 Å². The molecule has 116 valence electrons. The Morgan fingerprint density at radius 3 is 2.43 bits per heavy atom. The Morgan fingerprint density at radius 2 is 1.90 bits per heavy atom. The van der Waals surface area contributed by atoms with Crippen molar-refractivity contribution in [2.45, 2.75) is 45.6 Å². The van der Waals surface area contributed by atoms with E-state index < -0.39 is 12.1 Å². The quantitative estimate of drug-likeness (QED) is 0.871. The molecule has 1 amide bonds. The summed E-state index contributed by atoms with van der Waals surface area (Å²) in [6.45, 7) is 5.00. The van der Waals surface area contributed by atoms with Crippen LogP contribution in [0, 0.1) is 6.92 Å². The van der Waals surface area contributed by atoms with Gasteiger partial charge in [0.1, 0.15) is 4.88 Å². The van der Waals surface area contributed by atoms with E-state index in [-0.39, 0.29) is 5.91 Å². The number of ether oxygens (including phenoxy) is 1. The highest BCUT2D eigenvalue weighted by Crippen LogP contribution is 2.24. The van der Waals surface area contributed by atoms with Gasteiger partial charge in [0.05, 0.1) is 0 Å². The van der Waals surface area contributed by atoms with Crippen LogP contribution in [0.4, 0.5) is 5.69 Å². The van der Waals surface area contributed by atoms with Crippen LogP contribution in [0.15, 0.2) is 6.07 Å². The number of thiophene rings is 1. The fourth-order valence-corrected chi connectivity index (χ4v) is 3.24. The molecule has 5 nitrogen and oxygen atoms in total. The Morgan fingerprint density at radius 1 is 1.29 bits per heavy atom. The summed E-state index contributed by atoms with van der Waals surface area (Å²) in [6.07, 6.45) is 3.61. The van der Waals surface area contributed by atoms with Gasteiger partial charge in [-0.25, -0.2) is 4.79 Å². The first kappa shape index (κ1) is 15.8. The van der Waals surface area contributed by atoms with E-state index >= 15 is 0 Å². The molecule has 6 heteroatoms. The van der Waals surface area contributed by atoms with Crippen molar-refractivity contribution in [3.05, 3.63) is 15.8 Å². The van der Waals surface area contributed by atoms with Crippen LogP contribution in [0.3, 0.4) is 0 Å². The second-order valence-electron chi connectivity index (χ2n) is 5.41. The normalized spacial score (nSPS) is 17.1. The van der Waals surface area contributed by atoms with Crippen LogP contribution in [0.1, 0.15) is 47.2 Å². The van der Waals surface area contributed by atoms with Gasteiger partial charge in [0.2, 0.25) is 0 Å². The van der Waals surface area contributed by atoms with Crippen molar-refractivity contribution in [1.29, 1.82) is 0 Å². The number of likely N-dealkylation sites (tertiary alicyclic amines) is 1. The lowest BCUT2D eigenvalue weighted by Crippen LogP contribution is -2.40. The molecule has 1 aromatic heterocycles. The van der Waals surface area contributed by atoms with E-state index in [0.29, 0.717) is 10.6 Å². The molecule has 0 saturated carbocycles. The molecule has 21 heavy (non-hydrogen) atoms. The van der Waals surface area contributed by atoms with E-state index in [4.69, 9.17) is 10.5 Å². The zero-order chi connectivity index (χ0) is 15.4. The van der Waals surface area contributed by atoms with Crippen molar-refractivity contribution in [3.63, 3.8) is 0 Å². The average Bonchev–Trinajstić information content (AvgIpc) is 2.69. The SMILES string of the molecule is Cc1sc(C(=O)OC(C)C(=O)N2CCCCCC2)cc1N. The number of carbonyl (C=O) groups is 2. The maximum Gasteiger partial charge on any atom is 0.349 e. The van der Waals surface area contributed by atoms with Gasteiger partial charge in [0, 0.05) is 23.7 Å². The fourth-order valence-electron chi connectivity index (χ4n) is 2.41. The fraction of sp³-hybridized carbons (Fsp3) is 0.600. The van der Waals surface area contributed by atoms with Gasteiger partial charge in [-0.1, -0.05) is 12.8 Å². The molecule has 1 unspecified atom stereocenters. The molecule has 1 aliphatic rings. The highest BCUT2D eigenvalue weighted by Gasteiger charge is 2.25. The molecule has 2 heterocycles. The molecule has 0 spiro atoms. The number of carbonyl (C=O) groups excluding carboxylic acids is 2. The van der Waals surface area contributed by atoms with E-state index in [2.05, 4.69) is 0 Å². The number of nitrogens with zero attached hydrogens (tertiary/aromatic N) is 1. The van der Waals surface area contributed by atoms with Crippen LogP contribution >= 0.6 is 11.3 Å². The number of nitrogens with two attached hydrogens (primary N) is 1. The molecule has 0 bridgehead atoms. The zero-order valence-corrected chi connectivity index (χ0v) is 13.4. The van der Waals surface area contributed by atoms with E-state index in [0.717, 1.165) is 43.6 Å². The molecule has 1 saturated heterocycles. The summed E-state index contributed by atoms with van der Waals surface area (Å²) in [4.78, 5) is 27.5.